The molecule has 0 saturated carbocycles. The zero-order valence-corrected chi connectivity index (χ0v) is 7.73. The van der Waals surface area contributed by atoms with Crippen molar-refractivity contribution in [1.29, 1.82) is 0 Å². The Balaban J connectivity index is 2.12. The van der Waals surface area contributed by atoms with Gasteiger partial charge < -0.3 is 4.98 Å². The van der Waals surface area contributed by atoms with Gasteiger partial charge in [0, 0.05) is 0 Å². The van der Waals surface area contributed by atoms with Crippen molar-refractivity contribution in [2.45, 2.75) is 32.2 Å². The molecule has 0 amide bonds. The second-order valence-electron chi connectivity index (χ2n) is 3.14. The second-order valence-corrected chi connectivity index (χ2v) is 4.85. The fourth-order valence-electron chi connectivity index (χ4n) is 1.36. The lowest BCUT2D eigenvalue weighted by atomic mass is 10.0. The molecule has 2 heteroatoms. The normalized spacial score (nSPS) is 33.7. The molecule has 1 aliphatic heterocycles. The van der Waals surface area contributed by atoms with Crippen molar-refractivity contribution >= 4 is 9.68 Å². The van der Waals surface area contributed by atoms with Crippen molar-refractivity contribution in [3.63, 3.8) is 0 Å². The van der Waals surface area contributed by atoms with Gasteiger partial charge in [-0.25, -0.2) is 0 Å². The van der Waals surface area contributed by atoms with Crippen LogP contribution in [0.15, 0.2) is 0 Å². The molecule has 0 radical (unpaired) electrons. The second kappa shape index (κ2) is 4.07. The predicted octanol–water partition coefficient (Wildman–Crippen LogP) is 0.898. The number of rotatable bonds is 0. The average Bonchev–Trinajstić information content (AvgIpc) is 1.79. The molecule has 9 heavy (non-hydrogen) atoms. The maximum absolute atomic E-state index is 3.56. The van der Waals surface area contributed by atoms with Gasteiger partial charge in [0.1, 0.15) is 0 Å². The van der Waals surface area contributed by atoms with Crippen LogP contribution in [0.1, 0.15) is 26.2 Å². The van der Waals surface area contributed by atoms with Crippen molar-refractivity contribution in [3.05, 3.63) is 0 Å². The summed E-state index contributed by atoms with van der Waals surface area (Å²) in [7, 11) is 0.179. The van der Waals surface area contributed by atoms with Gasteiger partial charge in [-0.05, 0) is 24.9 Å². The Kier molecular flexibility index (Phi) is 3.29. The molecule has 1 heterocycles. The first kappa shape index (κ1) is 7.29. The lowest BCUT2D eigenvalue weighted by Crippen LogP contribution is -2.23. The third-order valence-electron chi connectivity index (χ3n) is 2.11. The van der Waals surface area contributed by atoms with Crippen molar-refractivity contribution < 1.29 is 0 Å². The summed E-state index contributed by atoms with van der Waals surface area (Å²) in [6.07, 6.45) is 4.38. The van der Waals surface area contributed by atoms with E-state index < -0.39 is 0 Å². The minimum Gasteiger partial charge on any atom is -0.342 e. The van der Waals surface area contributed by atoms with E-state index in [0.29, 0.717) is 0 Å². The van der Waals surface area contributed by atoms with Gasteiger partial charge in [-0.3, -0.25) is 0 Å². The first-order valence-electron chi connectivity index (χ1n) is 4.10. The van der Waals surface area contributed by atoms with Gasteiger partial charge in [0.2, 0.25) is 0 Å². The molecule has 0 aromatic rings. The molecule has 1 unspecified atom stereocenters. The summed E-state index contributed by atoms with van der Waals surface area (Å²) >= 11 is 0. The molecule has 0 bridgehead atoms. The molecule has 1 N–H and O–H groups in total. The van der Waals surface area contributed by atoms with Crippen molar-refractivity contribution in [2.75, 3.05) is 6.54 Å². The van der Waals surface area contributed by atoms with E-state index in [4.69, 9.17) is 0 Å². The Morgan fingerprint density at radius 3 is 3.22 bits per heavy atom. The average molecular weight is 143 g/mol. The Hall–Kier alpha value is 0.177. The van der Waals surface area contributed by atoms with Crippen LogP contribution >= 0.6 is 0 Å². The van der Waals surface area contributed by atoms with Crippen LogP contribution in [0.5, 0.6) is 0 Å². The summed E-state index contributed by atoms with van der Waals surface area (Å²) in [5, 5.41) is 0. The van der Waals surface area contributed by atoms with Gasteiger partial charge in [-0.2, -0.15) is 0 Å². The van der Waals surface area contributed by atoms with Gasteiger partial charge in [-0.15, -0.1) is 0 Å². The third kappa shape index (κ3) is 3.01. The fraction of sp³-hybridized carbons (Fsp3) is 1.00. The van der Waals surface area contributed by atoms with E-state index in [-0.39, 0.29) is 9.68 Å². The molecule has 54 valence electrons. The SMILES string of the molecule is CC1CCC[SiH2]NCC1. The first-order chi connectivity index (χ1) is 4.39. The fourth-order valence-corrected chi connectivity index (χ4v) is 2.60. The zero-order chi connectivity index (χ0) is 6.53. The van der Waals surface area contributed by atoms with E-state index in [0.717, 1.165) is 5.92 Å². The van der Waals surface area contributed by atoms with Crippen LogP contribution in [-0.4, -0.2) is 16.2 Å². The number of hydrogen-bond acceptors (Lipinski definition) is 1. The highest BCUT2D eigenvalue weighted by molar-refractivity contribution is 6.32. The van der Waals surface area contributed by atoms with Gasteiger partial charge in [-0.1, -0.05) is 19.8 Å². The zero-order valence-electron chi connectivity index (χ0n) is 6.32. The molecule has 1 rings (SSSR count). The summed E-state index contributed by atoms with van der Waals surface area (Å²) < 4.78 is 0. The Labute approximate surface area is 60.1 Å². The standard InChI is InChI=1S/C7H17NSi/c1-7-3-2-6-9-8-5-4-7/h7-8H,2-6,9H2,1H3. The van der Waals surface area contributed by atoms with Gasteiger partial charge in [0.15, 0.2) is 0 Å². The van der Waals surface area contributed by atoms with Crippen LogP contribution in [0.4, 0.5) is 0 Å². The highest BCUT2D eigenvalue weighted by Crippen LogP contribution is 2.12. The predicted molar refractivity (Wildman–Crippen MR) is 44.4 cm³/mol. The molecular weight excluding hydrogens is 126 g/mol. The minimum absolute atomic E-state index is 0.179. The van der Waals surface area contributed by atoms with E-state index in [2.05, 4.69) is 11.9 Å². The Morgan fingerprint density at radius 2 is 2.33 bits per heavy atom. The van der Waals surface area contributed by atoms with Crippen LogP contribution < -0.4 is 4.98 Å². The molecule has 1 fully saturated rings. The molecule has 0 aliphatic carbocycles. The van der Waals surface area contributed by atoms with Crippen LogP contribution in [0.25, 0.3) is 0 Å². The molecule has 1 nitrogen and oxygen atoms in total. The highest BCUT2D eigenvalue weighted by Gasteiger charge is 2.04. The Bertz CT molecular complexity index is 67.3. The molecule has 1 atom stereocenters. The molecule has 1 aliphatic rings. The third-order valence-corrected chi connectivity index (χ3v) is 3.68. The van der Waals surface area contributed by atoms with Crippen LogP contribution in [0.2, 0.25) is 6.04 Å². The van der Waals surface area contributed by atoms with E-state index in [9.17, 15) is 0 Å². The van der Waals surface area contributed by atoms with Crippen molar-refractivity contribution in [2.24, 2.45) is 5.92 Å². The highest BCUT2D eigenvalue weighted by atomic mass is 28.2. The van der Waals surface area contributed by atoms with E-state index in [1.807, 2.05) is 0 Å². The maximum atomic E-state index is 3.56. The largest absolute Gasteiger partial charge is 0.342 e. The van der Waals surface area contributed by atoms with Gasteiger partial charge in [0.05, 0.1) is 9.68 Å². The lowest BCUT2D eigenvalue weighted by Gasteiger charge is -2.14. The summed E-state index contributed by atoms with van der Waals surface area (Å²) in [5.74, 6) is 0.979. The minimum atomic E-state index is 0.179. The van der Waals surface area contributed by atoms with E-state index in [1.165, 1.54) is 31.9 Å². The van der Waals surface area contributed by atoms with Gasteiger partial charge >= 0.3 is 0 Å². The molecule has 1 saturated heterocycles. The molecule has 0 aromatic heterocycles. The topological polar surface area (TPSA) is 12.0 Å². The van der Waals surface area contributed by atoms with Crippen LogP contribution in [0, 0.1) is 5.92 Å². The first-order valence-corrected chi connectivity index (χ1v) is 5.81. The lowest BCUT2D eigenvalue weighted by molar-refractivity contribution is 0.475. The summed E-state index contributed by atoms with van der Waals surface area (Å²) in [5.41, 5.74) is 0. The van der Waals surface area contributed by atoms with Crippen molar-refractivity contribution in [3.8, 4) is 0 Å². The molecular formula is C7H17NSi. The summed E-state index contributed by atoms with van der Waals surface area (Å²) in [6, 6.07) is 1.52. The molecule has 0 spiro atoms. The van der Waals surface area contributed by atoms with E-state index >= 15 is 0 Å². The van der Waals surface area contributed by atoms with Crippen molar-refractivity contribution in [1.82, 2.24) is 4.98 Å². The smallest absolute Gasteiger partial charge is 0.0916 e. The van der Waals surface area contributed by atoms with Gasteiger partial charge in [0.25, 0.3) is 0 Å². The summed E-state index contributed by atoms with van der Waals surface area (Å²) in [4.78, 5) is 3.56. The maximum Gasteiger partial charge on any atom is 0.0916 e. The molecule has 0 aromatic carbocycles. The quantitative estimate of drug-likeness (QED) is 0.497. The summed E-state index contributed by atoms with van der Waals surface area (Å²) in [6.45, 7) is 3.67. The Morgan fingerprint density at radius 1 is 1.44 bits per heavy atom. The number of hydrogen-bond donors (Lipinski definition) is 1. The van der Waals surface area contributed by atoms with E-state index in [1.54, 1.807) is 0 Å². The number of nitrogens with one attached hydrogen (secondary N) is 1. The monoisotopic (exact) mass is 143 g/mol. The van der Waals surface area contributed by atoms with Crippen LogP contribution in [-0.2, 0) is 0 Å². The van der Waals surface area contributed by atoms with Crippen LogP contribution in [0.3, 0.4) is 0 Å².